The highest BCUT2D eigenvalue weighted by atomic mass is 35.5. The first-order valence-electron chi connectivity index (χ1n) is 11.7. The third kappa shape index (κ3) is 5.67. The van der Waals surface area contributed by atoms with Crippen molar-refractivity contribution in [3.63, 3.8) is 0 Å². The molecule has 0 fully saturated rings. The predicted octanol–water partition coefficient (Wildman–Crippen LogP) is 2.24. The number of aromatic nitrogens is 3. The van der Waals surface area contributed by atoms with Crippen LogP contribution in [0.2, 0.25) is 5.02 Å². The van der Waals surface area contributed by atoms with E-state index in [9.17, 15) is 28.0 Å². The third-order valence-corrected chi connectivity index (χ3v) is 6.23. The van der Waals surface area contributed by atoms with E-state index in [1.54, 1.807) is 26.2 Å². The van der Waals surface area contributed by atoms with Gasteiger partial charge >= 0.3 is 5.69 Å². The van der Waals surface area contributed by atoms with E-state index in [4.69, 9.17) is 16.3 Å². The average molecular weight is 560 g/mol. The Labute approximate surface area is 225 Å². The van der Waals surface area contributed by atoms with E-state index in [1.165, 1.54) is 29.0 Å². The summed E-state index contributed by atoms with van der Waals surface area (Å²) in [5.41, 5.74) is -0.296. The molecule has 0 atom stereocenters. The molecule has 2 heterocycles. The molecule has 0 bridgehead atoms. The van der Waals surface area contributed by atoms with Gasteiger partial charge in [0.15, 0.2) is 0 Å². The van der Waals surface area contributed by atoms with E-state index in [2.05, 4.69) is 10.6 Å². The number of halogens is 3. The molecule has 0 unspecified atom stereocenters. The topological polar surface area (TPSA) is 116 Å². The number of fused-ring (bicyclic) bond motifs is 1. The molecule has 204 valence electrons. The molecular formula is C26H24ClF2N5O5. The fraction of sp³-hybridized carbons (Fsp3) is 0.231. The van der Waals surface area contributed by atoms with Crippen molar-refractivity contribution < 1.29 is 23.1 Å². The summed E-state index contributed by atoms with van der Waals surface area (Å²) < 4.78 is 35.6. The summed E-state index contributed by atoms with van der Waals surface area (Å²) in [6.45, 7) is -0.502. The van der Waals surface area contributed by atoms with Gasteiger partial charge in [-0.25, -0.2) is 22.7 Å². The zero-order valence-electron chi connectivity index (χ0n) is 21.0. The average Bonchev–Trinajstić information content (AvgIpc) is 3.18. The van der Waals surface area contributed by atoms with Crippen LogP contribution in [0.25, 0.3) is 11.0 Å². The van der Waals surface area contributed by atoms with Gasteiger partial charge in [-0.3, -0.25) is 14.4 Å². The molecule has 39 heavy (non-hydrogen) atoms. The molecular weight excluding hydrogens is 536 g/mol. The lowest BCUT2D eigenvalue weighted by molar-refractivity contribution is 0.0902. The molecule has 4 rings (SSSR count). The Morgan fingerprint density at radius 3 is 2.23 bits per heavy atom. The second kappa shape index (κ2) is 11.7. The summed E-state index contributed by atoms with van der Waals surface area (Å²) in [6.07, 6.45) is 1.43. The van der Waals surface area contributed by atoms with Gasteiger partial charge in [0, 0.05) is 17.8 Å². The number of rotatable bonds is 9. The third-order valence-electron chi connectivity index (χ3n) is 5.88. The maximum absolute atomic E-state index is 13.9. The van der Waals surface area contributed by atoms with Crippen molar-refractivity contribution in [1.82, 2.24) is 24.3 Å². The lowest BCUT2D eigenvalue weighted by Gasteiger charge is -2.12. The van der Waals surface area contributed by atoms with Crippen LogP contribution in [0.4, 0.5) is 8.78 Å². The molecule has 2 aromatic heterocycles. The van der Waals surface area contributed by atoms with Crippen LogP contribution >= 0.6 is 11.6 Å². The highest BCUT2D eigenvalue weighted by molar-refractivity contribution is 6.31. The number of carbonyl (C=O) groups excluding carboxylic acids is 2. The largest absolute Gasteiger partial charge is 0.487 e. The first-order valence-corrected chi connectivity index (χ1v) is 12.1. The fourth-order valence-electron chi connectivity index (χ4n) is 4.04. The number of nitrogens with one attached hydrogen (secondary N) is 2. The molecule has 0 amide bonds. The van der Waals surface area contributed by atoms with Crippen molar-refractivity contribution in [3.8, 4) is 5.75 Å². The van der Waals surface area contributed by atoms with Gasteiger partial charge in [-0.2, -0.15) is 0 Å². The van der Waals surface area contributed by atoms with E-state index in [-0.39, 0.29) is 53.6 Å². The van der Waals surface area contributed by atoms with Crippen LogP contribution in [0, 0.1) is 11.6 Å². The zero-order chi connectivity index (χ0) is 28.3. The number of ether oxygens (including phenoxy) is 1. The van der Waals surface area contributed by atoms with Crippen LogP contribution in [0.5, 0.6) is 5.75 Å². The van der Waals surface area contributed by atoms with Gasteiger partial charge in [0.05, 0.1) is 30.7 Å². The Bertz CT molecular complexity index is 1690. The summed E-state index contributed by atoms with van der Waals surface area (Å²) in [4.78, 5) is 51.2. The normalized spacial score (nSPS) is 11.2. The Kier molecular flexibility index (Phi) is 8.38. The number of likely N-dealkylation sites (N-methyl/N-ethyl adjacent to an activating group) is 2. The molecule has 0 saturated carbocycles. The summed E-state index contributed by atoms with van der Waals surface area (Å²) in [5, 5.41) is 5.15. The van der Waals surface area contributed by atoms with E-state index in [0.29, 0.717) is 5.56 Å². The molecule has 4 aromatic rings. The number of carbonyl (C=O) groups is 2. The van der Waals surface area contributed by atoms with Crippen LogP contribution in [0.15, 0.2) is 58.3 Å². The summed E-state index contributed by atoms with van der Waals surface area (Å²) in [7, 11) is 3.12. The first-order chi connectivity index (χ1) is 18.7. The van der Waals surface area contributed by atoms with Gasteiger partial charge in [0.1, 0.15) is 29.0 Å². The molecule has 2 aromatic carbocycles. The van der Waals surface area contributed by atoms with Crippen LogP contribution in [0.3, 0.4) is 0 Å². The predicted molar refractivity (Wildman–Crippen MR) is 141 cm³/mol. The van der Waals surface area contributed by atoms with Gasteiger partial charge in [-0.05, 0) is 50.0 Å². The number of hydrogen-bond donors (Lipinski definition) is 2. The fourth-order valence-corrected chi connectivity index (χ4v) is 4.27. The van der Waals surface area contributed by atoms with Gasteiger partial charge < -0.3 is 19.9 Å². The molecule has 0 aliphatic heterocycles. The Balaban J connectivity index is 1.65. The van der Waals surface area contributed by atoms with Gasteiger partial charge in [0.25, 0.3) is 5.56 Å². The van der Waals surface area contributed by atoms with Crippen molar-refractivity contribution >= 4 is 34.4 Å². The molecule has 2 N–H and O–H groups in total. The number of nitrogens with zero attached hydrogens (tertiary/aromatic N) is 3. The van der Waals surface area contributed by atoms with Crippen molar-refractivity contribution in [1.29, 1.82) is 0 Å². The van der Waals surface area contributed by atoms with Crippen LogP contribution in [0.1, 0.15) is 20.7 Å². The standard InChI is InChI=1S/C26H24ClF2N5O5/c1-30-11-22(35)33-19-6-3-15(9-20(19)34(26(33)38)23(36)12-31-2)13-32-8-7-21(24(27)25(32)37)39-14-16-4-5-17(28)10-18(16)29/h3-10,30-31H,11-14H2,1-2H3. The van der Waals surface area contributed by atoms with Crippen molar-refractivity contribution in [2.24, 2.45) is 0 Å². The van der Waals surface area contributed by atoms with Gasteiger partial charge in [-0.15, -0.1) is 0 Å². The number of pyridine rings is 1. The molecule has 13 heteroatoms. The van der Waals surface area contributed by atoms with Crippen molar-refractivity contribution in [2.75, 3.05) is 27.2 Å². The van der Waals surface area contributed by atoms with Crippen molar-refractivity contribution in [2.45, 2.75) is 13.2 Å². The molecule has 0 aliphatic carbocycles. The molecule has 0 radical (unpaired) electrons. The number of hydrogen-bond acceptors (Lipinski definition) is 7. The van der Waals surface area contributed by atoms with Crippen molar-refractivity contribution in [3.05, 3.63) is 97.3 Å². The van der Waals surface area contributed by atoms with E-state index >= 15 is 0 Å². The molecule has 0 saturated heterocycles. The minimum absolute atomic E-state index is 0.0173. The highest BCUT2D eigenvalue weighted by Gasteiger charge is 2.22. The first kappa shape index (κ1) is 27.9. The molecule has 0 aliphatic rings. The Morgan fingerprint density at radius 1 is 0.923 bits per heavy atom. The number of benzene rings is 2. The quantitative estimate of drug-likeness (QED) is 0.323. The van der Waals surface area contributed by atoms with Crippen LogP contribution < -0.4 is 26.6 Å². The second-order valence-electron chi connectivity index (χ2n) is 8.58. The lowest BCUT2D eigenvalue weighted by atomic mass is 10.2. The molecule has 0 spiro atoms. The highest BCUT2D eigenvalue weighted by Crippen LogP contribution is 2.23. The van der Waals surface area contributed by atoms with Crippen LogP contribution in [-0.2, 0) is 13.2 Å². The van der Waals surface area contributed by atoms with Gasteiger partial charge in [-0.1, -0.05) is 17.7 Å². The monoisotopic (exact) mass is 559 g/mol. The maximum atomic E-state index is 13.9. The Morgan fingerprint density at radius 2 is 1.59 bits per heavy atom. The summed E-state index contributed by atoms with van der Waals surface area (Å²) in [6, 6.07) is 9.19. The van der Waals surface area contributed by atoms with Gasteiger partial charge in [0.2, 0.25) is 11.8 Å². The smallest absolute Gasteiger partial charge is 0.342 e. The van der Waals surface area contributed by atoms with E-state index < -0.39 is 34.7 Å². The van der Waals surface area contributed by atoms with E-state index in [1.807, 2.05) is 0 Å². The van der Waals surface area contributed by atoms with E-state index in [0.717, 1.165) is 21.3 Å². The summed E-state index contributed by atoms with van der Waals surface area (Å²) in [5.74, 6) is -2.58. The second-order valence-corrected chi connectivity index (χ2v) is 8.95. The van der Waals surface area contributed by atoms with Crippen LogP contribution in [-0.4, -0.2) is 52.7 Å². The molecule has 10 nitrogen and oxygen atoms in total. The SMILES string of the molecule is CNCC(=O)n1c(=O)n(C(=O)CNC)c2cc(Cn3ccc(OCc4ccc(F)cc4F)c(Cl)c3=O)ccc21. The zero-order valence-corrected chi connectivity index (χ0v) is 21.7. The minimum atomic E-state index is -0.790. The number of imidazole rings is 1. The summed E-state index contributed by atoms with van der Waals surface area (Å²) >= 11 is 6.23. The maximum Gasteiger partial charge on any atom is 0.342 e. The minimum Gasteiger partial charge on any atom is -0.487 e. The lowest BCUT2D eigenvalue weighted by Crippen LogP contribution is -2.38. The Hall–Kier alpha value is -4.13.